The number of nitrogens with zero attached hydrogens (tertiary/aromatic N) is 1. The number of hydrogen-bond acceptors (Lipinski definition) is 3. The van der Waals surface area contributed by atoms with Gasteiger partial charge in [-0.3, -0.25) is 9.59 Å². The first-order valence-electron chi connectivity index (χ1n) is 8.18. The summed E-state index contributed by atoms with van der Waals surface area (Å²) < 4.78 is 5.29. The standard InChI is InChI=1S/C18H24ClNO4/c1-20(16(11-24-2)12-7-9-15(19)10-8-12)17(21)13-3-5-14(6-4-13)18(22)23/h7-10,13-14,16H,3-6,11H2,1-2H3,(H,22,23). The summed E-state index contributed by atoms with van der Waals surface area (Å²) in [7, 11) is 3.39. The lowest BCUT2D eigenvalue weighted by molar-refractivity contribution is -0.146. The average molecular weight is 354 g/mol. The Labute approximate surface area is 147 Å². The highest BCUT2D eigenvalue weighted by Gasteiger charge is 2.33. The number of methoxy groups -OCH3 is 1. The molecule has 6 heteroatoms. The third-order valence-electron chi connectivity index (χ3n) is 4.82. The zero-order chi connectivity index (χ0) is 17.7. The maximum atomic E-state index is 12.8. The highest BCUT2D eigenvalue weighted by atomic mass is 35.5. The molecule has 1 unspecified atom stereocenters. The van der Waals surface area contributed by atoms with Crippen molar-refractivity contribution in [2.75, 3.05) is 20.8 Å². The highest BCUT2D eigenvalue weighted by Crippen LogP contribution is 2.32. The Balaban J connectivity index is 2.06. The van der Waals surface area contributed by atoms with Crippen molar-refractivity contribution in [2.45, 2.75) is 31.7 Å². The first-order valence-corrected chi connectivity index (χ1v) is 8.55. The Bertz CT molecular complexity index is 567. The molecule has 0 spiro atoms. The van der Waals surface area contributed by atoms with Crippen LogP contribution in [0.3, 0.4) is 0 Å². The van der Waals surface area contributed by atoms with E-state index < -0.39 is 5.97 Å². The number of carboxylic acid groups (broad SMARTS) is 1. The normalized spacial score (nSPS) is 22.0. The molecule has 5 nitrogen and oxygen atoms in total. The number of carbonyl (C=O) groups excluding carboxylic acids is 1. The van der Waals surface area contributed by atoms with Crippen LogP contribution in [0.1, 0.15) is 37.3 Å². The van der Waals surface area contributed by atoms with E-state index in [-0.39, 0.29) is 23.8 Å². The van der Waals surface area contributed by atoms with Crippen molar-refractivity contribution in [3.63, 3.8) is 0 Å². The lowest BCUT2D eigenvalue weighted by atomic mass is 9.81. The van der Waals surface area contributed by atoms with E-state index in [1.54, 1.807) is 31.2 Å². The van der Waals surface area contributed by atoms with Gasteiger partial charge in [-0.1, -0.05) is 23.7 Å². The monoisotopic (exact) mass is 353 g/mol. The molecular weight excluding hydrogens is 330 g/mol. The van der Waals surface area contributed by atoms with Crippen molar-refractivity contribution in [1.29, 1.82) is 0 Å². The van der Waals surface area contributed by atoms with Gasteiger partial charge in [0.25, 0.3) is 0 Å². The van der Waals surface area contributed by atoms with Crippen LogP contribution in [0.2, 0.25) is 5.02 Å². The zero-order valence-electron chi connectivity index (χ0n) is 14.1. The molecule has 1 aliphatic rings. The minimum absolute atomic E-state index is 0.0517. The molecule has 1 amide bonds. The van der Waals surface area contributed by atoms with Gasteiger partial charge in [-0.2, -0.15) is 0 Å². The maximum Gasteiger partial charge on any atom is 0.306 e. The van der Waals surface area contributed by atoms with E-state index in [1.807, 2.05) is 12.1 Å². The predicted molar refractivity (Wildman–Crippen MR) is 91.9 cm³/mol. The number of hydrogen-bond donors (Lipinski definition) is 1. The van der Waals surface area contributed by atoms with Crippen molar-refractivity contribution in [2.24, 2.45) is 11.8 Å². The number of carboxylic acids is 1. The molecule has 2 rings (SSSR count). The molecule has 0 heterocycles. The summed E-state index contributed by atoms with van der Waals surface area (Å²) in [6.45, 7) is 0.397. The van der Waals surface area contributed by atoms with Crippen LogP contribution in [0.4, 0.5) is 0 Å². The van der Waals surface area contributed by atoms with E-state index in [4.69, 9.17) is 21.4 Å². The molecule has 0 bridgehead atoms. The van der Waals surface area contributed by atoms with E-state index in [2.05, 4.69) is 0 Å². The number of aliphatic carboxylic acids is 1. The molecular formula is C18H24ClNO4. The molecule has 1 aromatic carbocycles. The number of amides is 1. The Morgan fingerprint density at radius 3 is 2.25 bits per heavy atom. The maximum absolute atomic E-state index is 12.8. The second-order valence-corrected chi connectivity index (χ2v) is 6.80. The third kappa shape index (κ3) is 4.48. The molecule has 1 N–H and O–H groups in total. The van der Waals surface area contributed by atoms with Gasteiger partial charge in [0.05, 0.1) is 18.6 Å². The fraction of sp³-hybridized carbons (Fsp3) is 0.556. The van der Waals surface area contributed by atoms with Crippen LogP contribution in [-0.4, -0.2) is 42.6 Å². The summed E-state index contributed by atoms with van der Waals surface area (Å²) in [5.41, 5.74) is 0.969. The fourth-order valence-corrected chi connectivity index (χ4v) is 3.43. The SMILES string of the molecule is COCC(c1ccc(Cl)cc1)N(C)C(=O)C1CCC(C(=O)O)CC1. The topological polar surface area (TPSA) is 66.8 Å². The van der Waals surface area contributed by atoms with Crippen LogP contribution < -0.4 is 0 Å². The Morgan fingerprint density at radius 2 is 1.75 bits per heavy atom. The predicted octanol–water partition coefficient (Wildman–Crippen LogP) is 3.38. The molecule has 0 aromatic heterocycles. The van der Waals surface area contributed by atoms with Gasteiger partial charge in [-0.05, 0) is 43.4 Å². The number of rotatable bonds is 6. The average Bonchev–Trinajstić information content (AvgIpc) is 2.59. The number of carbonyl (C=O) groups is 2. The van der Waals surface area contributed by atoms with Crippen molar-refractivity contribution in [3.8, 4) is 0 Å². The number of halogens is 1. The summed E-state index contributed by atoms with van der Waals surface area (Å²) in [5, 5.41) is 9.73. The van der Waals surface area contributed by atoms with Gasteiger partial charge in [-0.25, -0.2) is 0 Å². The first-order chi connectivity index (χ1) is 11.4. The highest BCUT2D eigenvalue weighted by molar-refractivity contribution is 6.30. The van der Waals surface area contributed by atoms with E-state index >= 15 is 0 Å². The van der Waals surface area contributed by atoms with Gasteiger partial charge in [0.15, 0.2) is 0 Å². The summed E-state index contributed by atoms with van der Waals surface area (Å²) >= 11 is 5.94. The van der Waals surface area contributed by atoms with Crippen LogP contribution in [0, 0.1) is 11.8 Å². The first kappa shape index (κ1) is 18.7. The molecule has 24 heavy (non-hydrogen) atoms. The minimum atomic E-state index is -0.757. The van der Waals surface area contributed by atoms with Crippen molar-refractivity contribution in [1.82, 2.24) is 4.90 Å². The second kappa shape index (κ2) is 8.49. The molecule has 1 fully saturated rings. The molecule has 0 aliphatic heterocycles. The number of benzene rings is 1. The smallest absolute Gasteiger partial charge is 0.306 e. The van der Waals surface area contributed by atoms with Crippen LogP contribution in [0.15, 0.2) is 24.3 Å². The largest absolute Gasteiger partial charge is 0.481 e. The van der Waals surface area contributed by atoms with Crippen LogP contribution in [0.5, 0.6) is 0 Å². The molecule has 1 aliphatic carbocycles. The fourth-order valence-electron chi connectivity index (χ4n) is 3.30. The molecule has 0 saturated heterocycles. The minimum Gasteiger partial charge on any atom is -0.481 e. The molecule has 1 atom stereocenters. The van der Waals surface area contributed by atoms with Gasteiger partial charge >= 0.3 is 5.97 Å². The van der Waals surface area contributed by atoms with Gasteiger partial charge in [0.1, 0.15) is 0 Å². The van der Waals surface area contributed by atoms with Crippen molar-refractivity contribution >= 4 is 23.5 Å². The van der Waals surface area contributed by atoms with Gasteiger partial charge < -0.3 is 14.7 Å². The Kier molecular flexibility index (Phi) is 6.63. The lowest BCUT2D eigenvalue weighted by Gasteiger charge is -2.33. The van der Waals surface area contributed by atoms with E-state index in [1.165, 1.54) is 0 Å². The summed E-state index contributed by atoms with van der Waals surface area (Å²) in [5.74, 6) is -1.13. The summed E-state index contributed by atoms with van der Waals surface area (Å²) in [6.07, 6.45) is 2.38. The quantitative estimate of drug-likeness (QED) is 0.851. The molecule has 132 valence electrons. The van der Waals surface area contributed by atoms with E-state index in [0.717, 1.165) is 5.56 Å². The van der Waals surface area contributed by atoms with Crippen molar-refractivity contribution in [3.05, 3.63) is 34.9 Å². The number of likely N-dealkylation sites (N-methyl/N-ethyl adjacent to an activating group) is 1. The van der Waals surface area contributed by atoms with E-state index in [9.17, 15) is 9.59 Å². The summed E-state index contributed by atoms with van der Waals surface area (Å²) in [4.78, 5) is 25.6. The molecule has 0 radical (unpaired) electrons. The third-order valence-corrected chi connectivity index (χ3v) is 5.07. The van der Waals surface area contributed by atoms with Crippen LogP contribution in [-0.2, 0) is 14.3 Å². The summed E-state index contributed by atoms with van der Waals surface area (Å²) in [6, 6.07) is 7.22. The second-order valence-electron chi connectivity index (χ2n) is 6.36. The number of ether oxygens (including phenoxy) is 1. The molecule has 1 aromatic rings. The zero-order valence-corrected chi connectivity index (χ0v) is 14.8. The molecule has 1 saturated carbocycles. The van der Waals surface area contributed by atoms with Gasteiger partial charge in [0, 0.05) is 25.1 Å². The lowest BCUT2D eigenvalue weighted by Crippen LogP contribution is -2.39. The van der Waals surface area contributed by atoms with Crippen molar-refractivity contribution < 1.29 is 19.4 Å². The van der Waals surface area contributed by atoms with Gasteiger partial charge in [-0.15, -0.1) is 0 Å². The van der Waals surface area contributed by atoms with Crippen LogP contribution in [0.25, 0.3) is 0 Å². The van der Waals surface area contributed by atoms with Gasteiger partial charge in [0.2, 0.25) is 5.91 Å². The Morgan fingerprint density at radius 1 is 1.21 bits per heavy atom. The van der Waals surface area contributed by atoms with E-state index in [0.29, 0.717) is 37.3 Å². The van der Waals surface area contributed by atoms with Crippen LogP contribution >= 0.6 is 11.6 Å². The Hall–Kier alpha value is -1.59.